The largest absolute Gasteiger partial charge is 0.379 e. The number of rotatable bonds is 2. The van der Waals surface area contributed by atoms with Crippen LogP contribution in [0.15, 0.2) is 12.1 Å². The standard InChI is InChI=1S/C14H17FN2O3S/c15-11-6-9-3-4-14(18)17-12(9)7-13(11)16-10-2-1-5-21(19,20)8-10/h6-7,10,16H,1-5,8H2,(H,17,18). The van der Waals surface area contributed by atoms with Crippen LogP contribution in [0.5, 0.6) is 0 Å². The van der Waals surface area contributed by atoms with E-state index in [-0.39, 0.29) is 29.1 Å². The van der Waals surface area contributed by atoms with Gasteiger partial charge in [-0.1, -0.05) is 0 Å². The third kappa shape index (κ3) is 3.18. The Morgan fingerprint density at radius 1 is 1.29 bits per heavy atom. The van der Waals surface area contributed by atoms with Crippen LogP contribution in [0.3, 0.4) is 0 Å². The number of amides is 1. The Morgan fingerprint density at radius 3 is 2.86 bits per heavy atom. The molecular formula is C14H17FN2O3S. The first-order valence-corrected chi connectivity index (χ1v) is 8.84. The van der Waals surface area contributed by atoms with Crippen LogP contribution >= 0.6 is 0 Å². The van der Waals surface area contributed by atoms with E-state index in [0.29, 0.717) is 31.4 Å². The van der Waals surface area contributed by atoms with Crippen molar-refractivity contribution in [1.29, 1.82) is 0 Å². The summed E-state index contributed by atoms with van der Waals surface area (Å²) in [6, 6.07) is 2.69. The second-order valence-electron chi connectivity index (χ2n) is 5.64. The molecule has 2 aliphatic rings. The van der Waals surface area contributed by atoms with E-state index in [1.165, 1.54) is 6.07 Å². The third-order valence-corrected chi connectivity index (χ3v) is 5.73. The van der Waals surface area contributed by atoms with Gasteiger partial charge in [0.1, 0.15) is 5.82 Å². The number of benzene rings is 1. The molecule has 2 aliphatic heterocycles. The lowest BCUT2D eigenvalue weighted by molar-refractivity contribution is -0.116. The highest BCUT2D eigenvalue weighted by Crippen LogP contribution is 2.29. The average Bonchev–Trinajstić information content (AvgIpc) is 2.39. The van der Waals surface area contributed by atoms with Crippen LogP contribution in [0.25, 0.3) is 0 Å². The minimum absolute atomic E-state index is 0.0237. The molecule has 21 heavy (non-hydrogen) atoms. The molecule has 2 N–H and O–H groups in total. The van der Waals surface area contributed by atoms with E-state index in [2.05, 4.69) is 10.6 Å². The number of hydrogen-bond donors (Lipinski definition) is 2. The maximum Gasteiger partial charge on any atom is 0.224 e. The van der Waals surface area contributed by atoms with Crippen LogP contribution in [0.1, 0.15) is 24.8 Å². The zero-order valence-electron chi connectivity index (χ0n) is 11.5. The Bertz CT molecular complexity index is 688. The molecule has 3 rings (SSSR count). The Labute approximate surface area is 122 Å². The summed E-state index contributed by atoms with van der Waals surface area (Å²) in [5.74, 6) is -0.266. The van der Waals surface area contributed by atoms with Gasteiger partial charge in [0.2, 0.25) is 5.91 Å². The summed E-state index contributed by atoms with van der Waals surface area (Å²) in [6.45, 7) is 0. The predicted molar refractivity (Wildman–Crippen MR) is 78.6 cm³/mol. The SMILES string of the molecule is O=C1CCc2cc(F)c(NC3CCCS(=O)(=O)C3)cc2N1. The predicted octanol–water partition coefficient (Wildman–Crippen LogP) is 1.70. The molecule has 0 spiro atoms. The fourth-order valence-electron chi connectivity index (χ4n) is 2.87. The van der Waals surface area contributed by atoms with Gasteiger partial charge in [-0.25, -0.2) is 12.8 Å². The number of aryl methyl sites for hydroxylation is 1. The number of nitrogens with one attached hydrogen (secondary N) is 2. The normalized spacial score (nSPS) is 24.0. The van der Waals surface area contributed by atoms with Gasteiger partial charge >= 0.3 is 0 Å². The summed E-state index contributed by atoms with van der Waals surface area (Å²) in [4.78, 5) is 11.4. The topological polar surface area (TPSA) is 75.3 Å². The average molecular weight is 312 g/mol. The van der Waals surface area contributed by atoms with Crippen LogP contribution in [-0.2, 0) is 21.1 Å². The van der Waals surface area contributed by atoms with Crippen molar-refractivity contribution in [3.8, 4) is 0 Å². The Hall–Kier alpha value is -1.63. The van der Waals surface area contributed by atoms with E-state index in [4.69, 9.17) is 0 Å². The highest BCUT2D eigenvalue weighted by Gasteiger charge is 2.26. The molecule has 0 aliphatic carbocycles. The van der Waals surface area contributed by atoms with Crippen LogP contribution < -0.4 is 10.6 Å². The number of sulfone groups is 1. The van der Waals surface area contributed by atoms with Crippen LogP contribution in [0.4, 0.5) is 15.8 Å². The van der Waals surface area contributed by atoms with E-state index >= 15 is 0 Å². The molecular weight excluding hydrogens is 295 g/mol. The van der Waals surface area contributed by atoms with E-state index in [9.17, 15) is 17.6 Å². The maximum atomic E-state index is 14.1. The zero-order chi connectivity index (χ0) is 15.0. The summed E-state index contributed by atoms with van der Waals surface area (Å²) < 4.78 is 37.3. The molecule has 1 unspecified atom stereocenters. The van der Waals surface area contributed by atoms with Crippen molar-refractivity contribution in [3.63, 3.8) is 0 Å². The van der Waals surface area contributed by atoms with E-state index < -0.39 is 15.7 Å². The molecule has 1 fully saturated rings. The monoisotopic (exact) mass is 312 g/mol. The Balaban J connectivity index is 1.82. The zero-order valence-corrected chi connectivity index (χ0v) is 12.3. The lowest BCUT2D eigenvalue weighted by Crippen LogP contribution is -2.35. The second-order valence-corrected chi connectivity index (χ2v) is 7.86. The number of halogens is 1. The summed E-state index contributed by atoms with van der Waals surface area (Å²) in [7, 11) is -3.05. The lowest BCUT2D eigenvalue weighted by Gasteiger charge is -2.25. The number of hydrogen-bond acceptors (Lipinski definition) is 4. The van der Waals surface area contributed by atoms with Crippen LogP contribution in [-0.4, -0.2) is 31.9 Å². The smallest absolute Gasteiger partial charge is 0.224 e. The van der Waals surface area contributed by atoms with Crippen LogP contribution in [0.2, 0.25) is 0 Å². The molecule has 2 heterocycles. The molecule has 114 valence electrons. The minimum Gasteiger partial charge on any atom is -0.379 e. The molecule has 7 heteroatoms. The molecule has 5 nitrogen and oxygen atoms in total. The lowest BCUT2D eigenvalue weighted by atomic mass is 10.0. The third-order valence-electron chi connectivity index (χ3n) is 3.91. The molecule has 1 atom stereocenters. The van der Waals surface area contributed by atoms with Crippen molar-refractivity contribution in [2.24, 2.45) is 0 Å². The van der Waals surface area contributed by atoms with Crippen molar-refractivity contribution in [2.45, 2.75) is 31.7 Å². The number of fused-ring (bicyclic) bond motifs is 1. The maximum absolute atomic E-state index is 14.1. The fraction of sp³-hybridized carbons (Fsp3) is 0.500. The van der Waals surface area contributed by atoms with Gasteiger partial charge < -0.3 is 10.6 Å². The molecule has 0 radical (unpaired) electrons. The quantitative estimate of drug-likeness (QED) is 0.871. The summed E-state index contributed by atoms with van der Waals surface area (Å²) in [6.07, 6.45) is 2.17. The molecule has 1 aromatic rings. The molecule has 1 amide bonds. The number of carbonyl (C=O) groups excluding carboxylic acids is 1. The van der Waals surface area contributed by atoms with Crippen molar-refractivity contribution in [1.82, 2.24) is 0 Å². The Morgan fingerprint density at radius 2 is 2.10 bits per heavy atom. The molecule has 1 saturated heterocycles. The van der Waals surface area contributed by atoms with Gasteiger partial charge in [-0.05, 0) is 37.0 Å². The van der Waals surface area contributed by atoms with Crippen molar-refractivity contribution in [3.05, 3.63) is 23.5 Å². The van der Waals surface area contributed by atoms with Gasteiger partial charge in [0.25, 0.3) is 0 Å². The van der Waals surface area contributed by atoms with Gasteiger partial charge in [0.05, 0.1) is 17.2 Å². The van der Waals surface area contributed by atoms with Crippen molar-refractivity contribution >= 4 is 27.1 Å². The van der Waals surface area contributed by atoms with Gasteiger partial charge in [-0.2, -0.15) is 0 Å². The first-order valence-electron chi connectivity index (χ1n) is 7.02. The van der Waals surface area contributed by atoms with Crippen molar-refractivity contribution < 1.29 is 17.6 Å². The number of carbonyl (C=O) groups is 1. The molecule has 0 aromatic heterocycles. The summed E-state index contributed by atoms with van der Waals surface area (Å²) in [5.41, 5.74) is 1.63. The molecule has 0 saturated carbocycles. The Kier molecular flexibility index (Phi) is 3.61. The highest BCUT2D eigenvalue weighted by molar-refractivity contribution is 7.91. The van der Waals surface area contributed by atoms with Crippen molar-refractivity contribution in [2.75, 3.05) is 22.1 Å². The molecule has 1 aromatic carbocycles. The van der Waals surface area contributed by atoms with E-state index in [0.717, 1.165) is 5.56 Å². The minimum atomic E-state index is -3.05. The number of anilines is 2. The van der Waals surface area contributed by atoms with Gasteiger partial charge in [0, 0.05) is 18.2 Å². The molecule has 0 bridgehead atoms. The van der Waals surface area contributed by atoms with Gasteiger partial charge in [0.15, 0.2) is 9.84 Å². The summed E-state index contributed by atoms with van der Waals surface area (Å²) in [5, 5.41) is 5.68. The van der Waals surface area contributed by atoms with Crippen LogP contribution in [0, 0.1) is 5.82 Å². The van der Waals surface area contributed by atoms with E-state index in [1.807, 2.05) is 0 Å². The summed E-state index contributed by atoms with van der Waals surface area (Å²) >= 11 is 0. The van der Waals surface area contributed by atoms with Gasteiger partial charge in [-0.3, -0.25) is 4.79 Å². The highest BCUT2D eigenvalue weighted by atomic mass is 32.2. The second kappa shape index (κ2) is 5.29. The first kappa shape index (κ1) is 14.3. The van der Waals surface area contributed by atoms with Gasteiger partial charge in [-0.15, -0.1) is 0 Å². The van der Waals surface area contributed by atoms with E-state index in [1.54, 1.807) is 6.07 Å². The fourth-order valence-corrected chi connectivity index (χ4v) is 4.50. The first-order chi connectivity index (χ1) is 9.93.